The summed E-state index contributed by atoms with van der Waals surface area (Å²) in [7, 11) is 0. The van der Waals surface area contributed by atoms with Gasteiger partial charge in [-0.1, -0.05) is 142 Å². The maximum Gasteiger partial charge on any atom is 0.220 e. The normalized spacial score (nSPS) is 23.7. The number of hydrogen-bond donors (Lipinski definition) is 7. The van der Waals surface area contributed by atoms with Gasteiger partial charge >= 0.3 is 0 Å². The Morgan fingerprint density at radius 2 is 1.13 bits per heavy atom. The lowest BCUT2D eigenvalue weighted by Crippen LogP contribution is -2.60. The summed E-state index contributed by atoms with van der Waals surface area (Å²) in [4.78, 5) is 12.8. The van der Waals surface area contributed by atoms with Gasteiger partial charge in [-0.15, -0.1) is 0 Å². The molecule has 10 nitrogen and oxygen atoms in total. The van der Waals surface area contributed by atoms with Gasteiger partial charge in [-0.05, 0) is 12.8 Å². The Kier molecular flexibility index (Phi) is 26.3. The highest BCUT2D eigenvalue weighted by atomic mass is 16.7. The van der Waals surface area contributed by atoms with E-state index in [1.165, 1.54) is 83.5 Å². The second kappa shape index (κ2) is 28.0. The second-order valence-electron chi connectivity index (χ2n) is 13.5. The number of rotatable bonds is 30. The summed E-state index contributed by atoms with van der Waals surface area (Å²) in [6.07, 6.45) is 15.5. The van der Waals surface area contributed by atoms with E-state index < -0.39 is 55.6 Å². The number of unbranched alkanes of at least 4 members (excludes halogenated alkanes) is 19. The zero-order chi connectivity index (χ0) is 34.0. The molecule has 0 aromatic heterocycles. The van der Waals surface area contributed by atoms with Crippen LogP contribution < -0.4 is 5.32 Å². The van der Waals surface area contributed by atoms with E-state index in [1.54, 1.807) is 0 Å². The molecule has 1 rings (SSSR count). The molecule has 1 amide bonds. The molecule has 1 heterocycles. The molecule has 2 unspecified atom stereocenters. The molecule has 1 fully saturated rings. The lowest BCUT2D eigenvalue weighted by atomic mass is 9.98. The van der Waals surface area contributed by atoms with Crippen LogP contribution in [0.1, 0.15) is 162 Å². The predicted octanol–water partition coefficient (Wildman–Crippen LogP) is 5.02. The molecular formula is C36H71NO9. The van der Waals surface area contributed by atoms with Gasteiger partial charge in [-0.3, -0.25) is 4.79 Å². The summed E-state index contributed by atoms with van der Waals surface area (Å²) in [5.41, 5.74) is 0. The molecular weight excluding hydrogens is 590 g/mol. The molecule has 0 saturated carbocycles. The van der Waals surface area contributed by atoms with E-state index in [4.69, 9.17) is 9.47 Å². The Bertz CT molecular complexity index is 713. The van der Waals surface area contributed by atoms with E-state index in [0.29, 0.717) is 6.42 Å². The van der Waals surface area contributed by atoms with Crippen molar-refractivity contribution >= 4 is 5.91 Å². The molecule has 0 bridgehead atoms. The van der Waals surface area contributed by atoms with E-state index in [9.17, 15) is 35.4 Å². The standard InChI is InChI=1S/C36H71NO9/c1-3-5-7-9-11-13-15-16-18-20-22-24-29(39)32(41)28(27-45-36-35(44)34(43)33(42)30(26-38)46-36)37-31(40)25-23-21-19-17-14-12-10-8-6-4-2/h28-30,32-36,38-39,41-44H,3-27H2,1-2H3,(H,37,40)/t28-,29+,30+,32-,33+,34?,35?,36+/m0/s1. The Labute approximate surface area is 279 Å². The predicted molar refractivity (Wildman–Crippen MR) is 181 cm³/mol. The molecule has 8 atom stereocenters. The maximum absolute atomic E-state index is 12.8. The number of aliphatic hydroxyl groups is 6. The molecule has 0 radical (unpaired) electrons. The zero-order valence-electron chi connectivity index (χ0n) is 29.2. The van der Waals surface area contributed by atoms with Gasteiger partial charge in [0.1, 0.15) is 30.5 Å². The van der Waals surface area contributed by atoms with Gasteiger partial charge in [-0.25, -0.2) is 0 Å². The van der Waals surface area contributed by atoms with Gasteiger partial charge in [0.05, 0.1) is 25.4 Å². The fourth-order valence-corrected chi connectivity index (χ4v) is 6.14. The smallest absolute Gasteiger partial charge is 0.220 e. The average molecular weight is 662 g/mol. The van der Waals surface area contributed by atoms with Crippen LogP contribution in [0.4, 0.5) is 0 Å². The molecule has 1 aliphatic rings. The van der Waals surface area contributed by atoms with Crippen molar-refractivity contribution in [2.45, 2.75) is 210 Å². The van der Waals surface area contributed by atoms with Crippen molar-refractivity contribution in [2.75, 3.05) is 13.2 Å². The molecule has 1 aliphatic heterocycles. The van der Waals surface area contributed by atoms with Crippen molar-refractivity contribution in [2.24, 2.45) is 0 Å². The van der Waals surface area contributed by atoms with Crippen LogP contribution in [0.15, 0.2) is 0 Å². The highest BCUT2D eigenvalue weighted by molar-refractivity contribution is 5.76. The fraction of sp³-hybridized carbons (Fsp3) is 0.972. The van der Waals surface area contributed by atoms with Crippen LogP contribution in [0, 0.1) is 0 Å². The monoisotopic (exact) mass is 662 g/mol. The number of ether oxygens (including phenoxy) is 2. The first-order chi connectivity index (χ1) is 22.3. The minimum absolute atomic E-state index is 0.261. The number of carbonyl (C=O) groups excluding carboxylic acids is 1. The SMILES string of the molecule is CCCCCCCCCCCCC[C@@H](O)[C@@H](O)[C@H](CO[C@@H]1O[C@H](CO)[C@@H](O)C(O)C1O)NC(=O)CCCCCCCCCCCC. The Balaban J connectivity index is 2.52. The summed E-state index contributed by atoms with van der Waals surface area (Å²) in [5, 5.41) is 64.6. The van der Waals surface area contributed by atoms with Crippen LogP contribution in [0.2, 0.25) is 0 Å². The summed E-state index contributed by atoms with van der Waals surface area (Å²) in [6, 6.07) is -0.981. The van der Waals surface area contributed by atoms with Crippen molar-refractivity contribution in [1.82, 2.24) is 5.32 Å². The van der Waals surface area contributed by atoms with Crippen LogP contribution >= 0.6 is 0 Å². The molecule has 0 aliphatic carbocycles. The number of hydrogen-bond acceptors (Lipinski definition) is 9. The molecule has 7 N–H and O–H groups in total. The first-order valence-corrected chi connectivity index (χ1v) is 18.8. The summed E-state index contributed by atoms with van der Waals surface area (Å²) in [5.74, 6) is -0.261. The lowest BCUT2D eigenvalue weighted by Gasteiger charge is -2.40. The molecule has 274 valence electrons. The van der Waals surface area contributed by atoms with Crippen molar-refractivity contribution in [3.8, 4) is 0 Å². The van der Waals surface area contributed by atoms with Crippen LogP contribution in [-0.2, 0) is 14.3 Å². The van der Waals surface area contributed by atoms with Gasteiger partial charge in [0.2, 0.25) is 5.91 Å². The van der Waals surface area contributed by atoms with Crippen LogP contribution in [0.25, 0.3) is 0 Å². The van der Waals surface area contributed by atoms with E-state index in [1.807, 2.05) is 0 Å². The van der Waals surface area contributed by atoms with E-state index in [-0.39, 0.29) is 18.9 Å². The topological polar surface area (TPSA) is 169 Å². The van der Waals surface area contributed by atoms with Gasteiger partial charge in [0.25, 0.3) is 0 Å². The molecule has 1 saturated heterocycles. The Hall–Kier alpha value is -0.850. The fourth-order valence-electron chi connectivity index (χ4n) is 6.14. The first-order valence-electron chi connectivity index (χ1n) is 18.8. The van der Waals surface area contributed by atoms with E-state index >= 15 is 0 Å². The van der Waals surface area contributed by atoms with E-state index in [2.05, 4.69) is 19.2 Å². The highest BCUT2D eigenvalue weighted by Crippen LogP contribution is 2.23. The number of aliphatic hydroxyl groups excluding tert-OH is 6. The van der Waals surface area contributed by atoms with Gasteiger partial charge in [-0.2, -0.15) is 0 Å². The molecule has 46 heavy (non-hydrogen) atoms. The minimum Gasteiger partial charge on any atom is -0.394 e. The summed E-state index contributed by atoms with van der Waals surface area (Å²) < 4.78 is 11.1. The average Bonchev–Trinajstić information content (AvgIpc) is 3.05. The maximum atomic E-state index is 12.8. The summed E-state index contributed by atoms with van der Waals surface area (Å²) >= 11 is 0. The highest BCUT2D eigenvalue weighted by Gasteiger charge is 2.44. The quantitative estimate of drug-likeness (QED) is 0.0523. The third-order valence-corrected chi connectivity index (χ3v) is 9.30. The molecule has 10 heteroatoms. The third-order valence-electron chi connectivity index (χ3n) is 9.30. The van der Waals surface area contributed by atoms with Crippen LogP contribution in [-0.4, -0.2) is 98.7 Å². The lowest BCUT2D eigenvalue weighted by molar-refractivity contribution is -0.303. The van der Waals surface area contributed by atoms with Gasteiger partial charge in [0.15, 0.2) is 6.29 Å². The Morgan fingerprint density at radius 1 is 0.674 bits per heavy atom. The number of amides is 1. The number of carbonyl (C=O) groups is 1. The van der Waals surface area contributed by atoms with Crippen molar-refractivity contribution in [3.63, 3.8) is 0 Å². The van der Waals surface area contributed by atoms with Crippen molar-refractivity contribution < 1.29 is 44.9 Å². The largest absolute Gasteiger partial charge is 0.394 e. The zero-order valence-corrected chi connectivity index (χ0v) is 29.2. The summed E-state index contributed by atoms with van der Waals surface area (Å²) in [6.45, 7) is 3.55. The van der Waals surface area contributed by atoms with Gasteiger partial charge in [0, 0.05) is 6.42 Å². The van der Waals surface area contributed by atoms with Crippen molar-refractivity contribution in [3.05, 3.63) is 0 Å². The third kappa shape index (κ3) is 19.2. The Morgan fingerprint density at radius 3 is 1.61 bits per heavy atom. The second-order valence-corrected chi connectivity index (χ2v) is 13.5. The first kappa shape index (κ1) is 43.2. The minimum atomic E-state index is -1.60. The van der Waals surface area contributed by atoms with Crippen molar-refractivity contribution in [1.29, 1.82) is 0 Å². The van der Waals surface area contributed by atoms with Crippen LogP contribution in [0.3, 0.4) is 0 Å². The number of nitrogens with one attached hydrogen (secondary N) is 1. The molecule has 0 aromatic rings. The van der Waals surface area contributed by atoms with Crippen LogP contribution in [0.5, 0.6) is 0 Å². The van der Waals surface area contributed by atoms with E-state index in [0.717, 1.165) is 51.4 Å². The molecule has 0 spiro atoms. The molecule has 0 aromatic carbocycles. The van der Waals surface area contributed by atoms with Gasteiger partial charge < -0.3 is 45.4 Å².